The Bertz CT molecular complexity index is 358. The summed E-state index contributed by atoms with van der Waals surface area (Å²) in [6, 6.07) is 0. The number of nitrogens with two attached hydrogens (primary N) is 1. The van der Waals surface area contributed by atoms with E-state index in [9.17, 15) is 4.79 Å². The van der Waals surface area contributed by atoms with Gasteiger partial charge in [-0.2, -0.15) is 0 Å². The molecule has 0 aromatic heterocycles. The third-order valence-electron chi connectivity index (χ3n) is 4.60. The topological polar surface area (TPSA) is 55.6 Å². The van der Waals surface area contributed by atoms with E-state index in [4.69, 9.17) is 10.5 Å². The number of amides is 1. The van der Waals surface area contributed by atoms with Crippen molar-refractivity contribution in [1.29, 1.82) is 0 Å². The SMILES string of the molecule is CC(C)(C)OC(=O)N1CCCC(CCCCC2(N)CC2)C1. The molecular weight excluding hydrogens is 264 g/mol. The van der Waals surface area contributed by atoms with Crippen LogP contribution in [0.15, 0.2) is 0 Å². The van der Waals surface area contributed by atoms with Crippen molar-refractivity contribution in [3.63, 3.8) is 0 Å². The molecule has 2 rings (SSSR count). The minimum atomic E-state index is -0.399. The van der Waals surface area contributed by atoms with Crippen LogP contribution in [0, 0.1) is 5.92 Å². The first-order valence-corrected chi connectivity index (χ1v) is 8.54. The van der Waals surface area contributed by atoms with E-state index in [2.05, 4.69) is 0 Å². The maximum absolute atomic E-state index is 12.1. The zero-order valence-electron chi connectivity index (χ0n) is 14.0. The summed E-state index contributed by atoms with van der Waals surface area (Å²) in [5, 5.41) is 0. The molecule has 1 amide bonds. The predicted octanol–water partition coefficient (Wildman–Crippen LogP) is 3.69. The van der Waals surface area contributed by atoms with Crippen LogP contribution in [-0.4, -0.2) is 35.2 Å². The number of ether oxygens (including phenoxy) is 1. The molecule has 2 fully saturated rings. The first-order valence-electron chi connectivity index (χ1n) is 8.54. The van der Waals surface area contributed by atoms with Crippen molar-refractivity contribution in [2.75, 3.05) is 13.1 Å². The van der Waals surface area contributed by atoms with Crippen molar-refractivity contribution in [2.24, 2.45) is 11.7 Å². The maximum Gasteiger partial charge on any atom is 0.410 e. The molecule has 4 nitrogen and oxygen atoms in total. The van der Waals surface area contributed by atoms with Gasteiger partial charge in [-0.05, 0) is 65.2 Å². The predicted molar refractivity (Wildman–Crippen MR) is 85.2 cm³/mol. The molecule has 0 spiro atoms. The summed E-state index contributed by atoms with van der Waals surface area (Å²) in [5.41, 5.74) is 5.91. The summed E-state index contributed by atoms with van der Waals surface area (Å²) in [5.74, 6) is 0.638. The van der Waals surface area contributed by atoms with E-state index >= 15 is 0 Å². The number of carbonyl (C=O) groups is 1. The Labute approximate surface area is 129 Å². The monoisotopic (exact) mass is 296 g/mol. The molecule has 122 valence electrons. The van der Waals surface area contributed by atoms with Crippen LogP contribution in [0.1, 0.15) is 72.1 Å². The highest BCUT2D eigenvalue weighted by Gasteiger charge is 2.37. The molecule has 0 bridgehead atoms. The minimum absolute atomic E-state index is 0.147. The van der Waals surface area contributed by atoms with Gasteiger partial charge in [-0.15, -0.1) is 0 Å². The quantitative estimate of drug-likeness (QED) is 0.787. The second-order valence-electron chi connectivity index (χ2n) is 8.04. The molecule has 1 aliphatic carbocycles. The highest BCUT2D eigenvalue weighted by atomic mass is 16.6. The number of piperidine rings is 1. The molecule has 2 aliphatic rings. The van der Waals surface area contributed by atoms with Gasteiger partial charge in [0.2, 0.25) is 0 Å². The van der Waals surface area contributed by atoms with Crippen LogP contribution < -0.4 is 5.73 Å². The van der Waals surface area contributed by atoms with Crippen LogP contribution >= 0.6 is 0 Å². The lowest BCUT2D eigenvalue weighted by Crippen LogP contribution is -2.42. The fourth-order valence-corrected chi connectivity index (χ4v) is 3.11. The fourth-order valence-electron chi connectivity index (χ4n) is 3.11. The Morgan fingerprint density at radius 1 is 1.33 bits per heavy atom. The van der Waals surface area contributed by atoms with Gasteiger partial charge >= 0.3 is 6.09 Å². The largest absolute Gasteiger partial charge is 0.444 e. The summed E-state index contributed by atoms with van der Waals surface area (Å²) >= 11 is 0. The summed E-state index contributed by atoms with van der Waals surface area (Å²) in [4.78, 5) is 14.0. The Hall–Kier alpha value is -0.770. The Morgan fingerprint density at radius 2 is 2.05 bits per heavy atom. The number of hydrogen-bond acceptors (Lipinski definition) is 3. The normalized spacial score (nSPS) is 24.8. The number of unbranched alkanes of at least 4 members (excludes halogenated alkanes) is 1. The summed E-state index contributed by atoms with van der Waals surface area (Å²) in [6.07, 6.45) is 9.49. The highest BCUT2D eigenvalue weighted by molar-refractivity contribution is 5.68. The third kappa shape index (κ3) is 5.85. The first-order chi connectivity index (χ1) is 9.77. The molecule has 1 atom stereocenters. The molecule has 0 aromatic carbocycles. The van der Waals surface area contributed by atoms with Crippen molar-refractivity contribution in [1.82, 2.24) is 4.90 Å². The van der Waals surface area contributed by atoms with Crippen LogP contribution in [-0.2, 0) is 4.74 Å². The van der Waals surface area contributed by atoms with E-state index in [1.807, 2.05) is 25.7 Å². The van der Waals surface area contributed by atoms with Crippen LogP contribution in [0.25, 0.3) is 0 Å². The summed E-state index contributed by atoms with van der Waals surface area (Å²) in [7, 11) is 0. The Balaban J connectivity index is 1.66. The van der Waals surface area contributed by atoms with Crippen LogP contribution in [0.2, 0.25) is 0 Å². The van der Waals surface area contributed by atoms with Gasteiger partial charge in [0.1, 0.15) is 5.60 Å². The molecule has 1 heterocycles. The smallest absolute Gasteiger partial charge is 0.410 e. The summed E-state index contributed by atoms with van der Waals surface area (Å²) in [6.45, 7) is 7.48. The second kappa shape index (κ2) is 6.55. The minimum Gasteiger partial charge on any atom is -0.444 e. The van der Waals surface area contributed by atoms with Crippen LogP contribution in [0.5, 0.6) is 0 Å². The van der Waals surface area contributed by atoms with E-state index in [1.165, 1.54) is 44.9 Å². The van der Waals surface area contributed by atoms with Crippen molar-refractivity contribution in [3.05, 3.63) is 0 Å². The molecule has 1 unspecified atom stereocenters. The van der Waals surface area contributed by atoms with Crippen molar-refractivity contribution in [2.45, 2.75) is 83.3 Å². The first kappa shape index (κ1) is 16.6. The lowest BCUT2D eigenvalue weighted by molar-refractivity contribution is 0.0160. The number of hydrogen-bond donors (Lipinski definition) is 1. The zero-order chi connectivity index (χ0) is 15.5. The Kier molecular flexibility index (Phi) is 5.18. The summed E-state index contributed by atoms with van der Waals surface area (Å²) < 4.78 is 5.47. The van der Waals surface area contributed by atoms with Gasteiger partial charge in [0.25, 0.3) is 0 Å². The second-order valence-corrected chi connectivity index (χ2v) is 8.04. The molecule has 2 N–H and O–H groups in total. The third-order valence-corrected chi connectivity index (χ3v) is 4.60. The molecule has 0 aromatic rings. The van der Waals surface area contributed by atoms with Crippen LogP contribution in [0.4, 0.5) is 4.79 Å². The van der Waals surface area contributed by atoms with Gasteiger partial charge in [-0.25, -0.2) is 4.79 Å². The van der Waals surface area contributed by atoms with Gasteiger partial charge in [0, 0.05) is 18.6 Å². The van der Waals surface area contributed by atoms with E-state index in [0.29, 0.717) is 5.92 Å². The van der Waals surface area contributed by atoms with Crippen molar-refractivity contribution >= 4 is 6.09 Å². The van der Waals surface area contributed by atoms with Gasteiger partial charge in [0.05, 0.1) is 0 Å². The standard InChI is InChI=1S/C17H32N2O2/c1-16(2,3)21-15(20)19-12-6-8-14(13-19)7-4-5-9-17(18)10-11-17/h14H,4-13,18H2,1-3H3. The van der Waals surface area contributed by atoms with Crippen LogP contribution in [0.3, 0.4) is 0 Å². The maximum atomic E-state index is 12.1. The van der Waals surface area contributed by atoms with E-state index in [1.54, 1.807) is 0 Å². The average Bonchev–Trinajstić information content (AvgIpc) is 3.12. The molecular formula is C17H32N2O2. The fraction of sp³-hybridized carbons (Fsp3) is 0.941. The van der Waals surface area contributed by atoms with E-state index < -0.39 is 5.60 Å². The van der Waals surface area contributed by atoms with Gasteiger partial charge in [0.15, 0.2) is 0 Å². The molecule has 1 saturated carbocycles. The molecule has 0 radical (unpaired) electrons. The highest BCUT2D eigenvalue weighted by Crippen LogP contribution is 2.37. The van der Waals surface area contributed by atoms with Gasteiger partial charge < -0.3 is 15.4 Å². The van der Waals surface area contributed by atoms with E-state index in [0.717, 1.165) is 19.5 Å². The lowest BCUT2D eigenvalue weighted by Gasteiger charge is -2.34. The molecule has 21 heavy (non-hydrogen) atoms. The van der Waals surface area contributed by atoms with Gasteiger partial charge in [-0.1, -0.05) is 12.8 Å². The van der Waals surface area contributed by atoms with E-state index in [-0.39, 0.29) is 11.6 Å². The van der Waals surface area contributed by atoms with Gasteiger partial charge in [-0.3, -0.25) is 0 Å². The number of rotatable bonds is 5. The molecule has 1 saturated heterocycles. The Morgan fingerprint density at radius 3 is 2.67 bits per heavy atom. The average molecular weight is 296 g/mol. The number of likely N-dealkylation sites (tertiary alicyclic amines) is 1. The number of carbonyl (C=O) groups excluding carboxylic acids is 1. The van der Waals surface area contributed by atoms with Crippen molar-refractivity contribution < 1.29 is 9.53 Å². The van der Waals surface area contributed by atoms with Crippen molar-refractivity contribution in [3.8, 4) is 0 Å². The molecule has 4 heteroatoms. The lowest BCUT2D eigenvalue weighted by atomic mass is 9.92. The number of nitrogens with zero attached hydrogens (tertiary/aromatic N) is 1. The zero-order valence-corrected chi connectivity index (χ0v) is 14.0. The molecule has 1 aliphatic heterocycles.